The number of nitrogens with two attached hydrogens (primary N) is 1. The van der Waals surface area contributed by atoms with Crippen LogP contribution in [0.4, 0.5) is 5.00 Å². The van der Waals surface area contributed by atoms with Crippen molar-refractivity contribution in [2.75, 3.05) is 5.32 Å². The molecule has 1 atom stereocenters. The fourth-order valence-electron chi connectivity index (χ4n) is 3.73. The Bertz CT molecular complexity index is 937. The van der Waals surface area contributed by atoms with Crippen LogP contribution in [0.25, 0.3) is 0 Å². The van der Waals surface area contributed by atoms with Crippen LogP contribution in [0.5, 0.6) is 0 Å². The van der Waals surface area contributed by atoms with E-state index >= 15 is 0 Å². The zero-order valence-corrected chi connectivity index (χ0v) is 18.5. The largest absolute Gasteiger partial charge is 0.365 e. The SMILES string of the molecule is CCC(C)(C)C1CCc2c(sc(NC(=O)c3ccc(Cl)cc3Cl)c2C(N)=O)C1. The van der Waals surface area contributed by atoms with Gasteiger partial charge in [0.25, 0.3) is 11.8 Å². The zero-order valence-electron chi connectivity index (χ0n) is 16.2. The van der Waals surface area contributed by atoms with E-state index in [9.17, 15) is 9.59 Å². The molecule has 0 bridgehead atoms. The first-order valence-corrected chi connectivity index (χ1v) is 10.9. The van der Waals surface area contributed by atoms with Gasteiger partial charge in [-0.05, 0) is 54.4 Å². The highest BCUT2D eigenvalue weighted by Crippen LogP contribution is 2.45. The number of primary amides is 1. The van der Waals surface area contributed by atoms with E-state index in [1.807, 2.05) is 0 Å². The lowest BCUT2D eigenvalue weighted by Gasteiger charge is -2.36. The number of carbonyl (C=O) groups is 2. The smallest absolute Gasteiger partial charge is 0.257 e. The Kier molecular flexibility index (Phi) is 6.08. The third-order valence-electron chi connectivity index (χ3n) is 5.93. The molecule has 0 saturated carbocycles. The Hall–Kier alpha value is -1.56. The Morgan fingerprint density at radius 1 is 1.32 bits per heavy atom. The second-order valence-electron chi connectivity index (χ2n) is 7.93. The quantitative estimate of drug-likeness (QED) is 0.605. The number of thiophene rings is 1. The Morgan fingerprint density at radius 3 is 2.64 bits per heavy atom. The third-order valence-corrected chi connectivity index (χ3v) is 7.65. The first kappa shape index (κ1) is 21.2. The maximum Gasteiger partial charge on any atom is 0.257 e. The number of benzene rings is 1. The van der Waals surface area contributed by atoms with Crippen LogP contribution in [0.15, 0.2) is 18.2 Å². The molecular weight excluding hydrogens is 415 g/mol. The van der Waals surface area contributed by atoms with Crippen LogP contribution < -0.4 is 11.1 Å². The van der Waals surface area contributed by atoms with Crippen LogP contribution in [0.3, 0.4) is 0 Å². The van der Waals surface area contributed by atoms with Crippen molar-refractivity contribution >= 4 is 51.4 Å². The van der Waals surface area contributed by atoms with Gasteiger partial charge in [0.2, 0.25) is 0 Å². The summed E-state index contributed by atoms with van der Waals surface area (Å²) in [5, 5.41) is 4.06. The van der Waals surface area contributed by atoms with Crippen LogP contribution in [0.1, 0.15) is 64.8 Å². The minimum atomic E-state index is -0.511. The van der Waals surface area contributed by atoms with E-state index in [0.717, 1.165) is 36.1 Å². The molecular formula is C21H24Cl2N2O2S. The van der Waals surface area contributed by atoms with E-state index in [1.54, 1.807) is 12.1 Å². The van der Waals surface area contributed by atoms with Crippen LogP contribution in [0, 0.1) is 11.3 Å². The highest BCUT2D eigenvalue weighted by atomic mass is 35.5. The number of fused-ring (bicyclic) bond motifs is 1. The average molecular weight is 439 g/mol. The van der Waals surface area contributed by atoms with Crippen molar-refractivity contribution in [2.24, 2.45) is 17.1 Å². The second-order valence-corrected chi connectivity index (χ2v) is 9.88. The number of hydrogen-bond acceptors (Lipinski definition) is 3. The standard InChI is InChI=1S/C21H24Cl2N2O2S/c1-4-21(2,3)11-5-7-14-16(9-11)28-20(17(14)18(24)26)25-19(27)13-8-6-12(22)10-15(13)23/h6,8,10-11H,4-5,7,9H2,1-3H3,(H2,24,26)(H,25,27). The molecule has 2 aromatic rings. The normalized spacial score (nSPS) is 16.5. The topological polar surface area (TPSA) is 72.2 Å². The molecule has 1 heterocycles. The highest BCUT2D eigenvalue weighted by molar-refractivity contribution is 7.17. The number of anilines is 1. The molecule has 28 heavy (non-hydrogen) atoms. The summed E-state index contributed by atoms with van der Waals surface area (Å²) in [6.07, 6.45) is 3.81. The number of nitrogens with one attached hydrogen (secondary N) is 1. The average Bonchev–Trinajstić information content (AvgIpc) is 2.98. The summed E-state index contributed by atoms with van der Waals surface area (Å²) < 4.78 is 0. The minimum Gasteiger partial charge on any atom is -0.365 e. The third kappa shape index (κ3) is 4.07. The molecule has 150 valence electrons. The second kappa shape index (κ2) is 8.05. The molecule has 1 unspecified atom stereocenters. The van der Waals surface area contributed by atoms with Crippen molar-refractivity contribution in [3.63, 3.8) is 0 Å². The van der Waals surface area contributed by atoms with Gasteiger partial charge in [0.15, 0.2) is 0 Å². The van der Waals surface area contributed by atoms with Crippen LogP contribution >= 0.6 is 34.5 Å². The van der Waals surface area contributed by atoms with Gasteiger partial charge in [0.1, 0.15) is 5.00 Å². The van der Waals surface area contributed by atoms with Gasteiger partial charge in [-0.25, -0.2) is 0 Å². The first-order valence-electron chi connectivity index (χ1n) is 9.34. The van der Waals surface area contributed by atoms with Gasteiger partial charge in [0, 0.05) is 9.90 Å². The van der Waals surface area contributed by atoms with E-state index in [4.69, 9.17) is 28.9 Å². The molecule has 7 heteroatoms. The van der Waals surface area contributed by atoms with E-state index in [2.05, 4.69) is 26.1 Å². The summed E-state index contributed by atoms with van der Waals surface area (Å²) in [6, 6.07) is 4.69. The Balaban J connectivity index is 1.92. The van der Waals surface area contributed by atoms with Gasteiger partial charge in [-0.1, -0.05) is 50.4 Å². The van der Waals surface area contributed by atoms with Crippen LogP contribution in [-0.4, -0.2) is 11.8 Å². The number of amides is 2. The summed E-state index contributed by atoms with van der Waals surface area (Å²) in [5.41, 5.74) is 7.62. The molecule has 0 radical (unpaired) electrons. The zero-order chi connectivity index (χ0) is 20.6. The number of carbonyl (C=O) groups excluding carboxylic acids is 2. The molecule has 1 aromatic heterocycles. The lowest BCUT2D eigenvalue weighted by Crippen LogP contribution is -2.29. The van der Waals surface area contributed by atoms with Crippen molar-refractivity contribution in [3.8, 4) is 0 Å². The van der Waals surface area contributed by atoms with Gasteiger partial charge < -0.3 is 11.1 Å². The van der Waals surface area contributed by atoms with Crippen molar-refractivity contribution < 1.29 is 9.59 Å². The van der Waals surface area contributed by atoms with Gasteiger partial charge in [-0.15, -0.1) is 11.3 Å². The Labute approximate surface area is 179 Å². The van der Waals surface area contributed by atoms with E-state index in [1.165, 1.54) is 17.4 Å². The van der Waals surface area contributed by atoms with E-state index in [0.29, 0.717) is 27.1 Å². The molecule has 0 fully saturated rings. The molecule has 0 aliphatic heterocycles. The van der Waals surface area contributed by atoms with Gasteiger partial charge in [0.05, 0.1) is 16.1 Å². The molecule has 1 aliphatic carbocycles. The summed E-state index contributed by atoms with van der Waals surface area (Å²) >= 11 is 13.5. The van der Waals surface area contributed by atoms with Crippen molar-refractivity contribution in [2.45, 2.75) is 46.5 Å². The maximum absolute atomic E-state index is 12.7. The minimum absolute atomic E-state index is 0.231. The van der Waals surface area contributed by atoms with Crippen molar-refractivity contribution in [1.82, 2.24) is 0 Å². The predicted molar refractivity (Wildman–Crippen MR) is 117 cm³/mol. The van der Waals surface area contributed by atoms with Gasteiger partial charge in [-0.2, -0.15) is 0 Å². The lowest BCUT2D eigenvalue weighted by atomic mass is 9.69. The summed E-state index contributed by atoms with van der Waals surface area (Å²) in [6.45, 7) is 6.78. The number of hydrogen-bond donors (Lipinski definition) is 2. The molecule has 3 N–H and O–H groups in total. The summed E-state index contributed by atoms with van der Waals surface area (Å²) in [4.78, 5) is 26.0. The van der Waals surface area contributed by atoms with Crippen molar-refractivity contribution in [3.05, 3.63) is 49.8 Å². The van der Waals surface area contributed by atoms with Gasteiger partial charge >= 0.3 is 0 Å². The van der Waals surface area contributed by atoms with E-state index in [-0.39, 0.29) is 16.3 Å². The fraction of sp³-hybridized carbons (Fsp3) is 0.429. The number of halogens is 2. The molecule has 0 spiro atoms. The molecule has 4 nitrogen and oxygen atoms in total. The van der Waals surface area contributed by atoms with Gasteiger partial charge in [-0.3, -0.25) is 9.59 Å². The Morgan fingerprint density at radius 2 is 2.04 bits per heavy atom. The van der Waals surface area contributed by atoms with Crippen molar-refractivity contribution in [1.29, 1.82) is 0 Å². The van der Waals surface area contributed by atoms with Crippen LogP contribution in [0.2, 0.25) is 10.0 Å². The molecule has 1 aromatic carbocycles. The fourth-order valence-corrected chi connectivity index (χ4v) is 5.56. The molecule has 0 saturated heterocycles. The van der Waals surface area contributed by atoms with E-state index < -0.39 is 5.91 Å². The first-order chi connectivity index (χ1) is 13.1. The monoisotopic (exact) mass is 438 g/mol. The summed E-state index contributed by atoms with van der Waals surface area (Å²) in [7, 11) is 0. The maximum atomic E-state index is 12.7. The molecule has 2 amide bonds. The molecule has 1 aliphatic rings. The number of rotatable bonds is 5. The lowest BCUT2D eigenvalue weighted by molar-refractivity contribution is 0.0999. The summed E-state index contributed by atoms with van der Waals surface area (Å²) in [5.74, 6) is -0.352. The highest BCUT2D eigenvalue weighted by Gasteiger charge is 2.35. The molecule has 3 rings (SSSR count). The van der Waals surface area contributed by atoms with Crippen LogP contribution in [-0.2, 0) is 12.8 Å². The predicted octanol–water partition coefficient (Wildman–Crippen LogP) is 5.95.